The molecule has 0 unspecified atom stereocenters. The number of fused-ring (bicyclic) bond motifs is 1. The van der Waals surface area contributed by atoms with Crippen LogP contribution in [0.3, 0.4) is 0 Å². The lowest BCUT2D eigenvalue weighted by Gasteiger charge is -2.31. The van der Waals surface area contributed by atoms with E-state index in [0.717, 1.165) is 30.8 Å². The molecule has 33 heavy (non-hydrogen) atoms. The summed E-state index contributed by atoms with van der Waals surface area (Å²) >= 11 is 0. The summed E-state index contributed by atoms with van der Waals surface area (Å²) in [6.07, 6.45) is 4.86. The highest BCUT2D eigenvalue weighted by atomic mass is 32.2. The largest absolute Gasteiger partial charge is 0.355 e. The Bertz CT molecular complexity index is 988. The Morgan fingerprint density at radius 2 is 1.85 bits per heavy atom. The number of nitrogens with one attached hydrogen (secondary N) is 1. The van der Waals surface area contributed by atoms with Crippen LogP contribution in [0, 0.1) is 5.92 Å². The number of likely N-dealkylation sites (tertiary alicyclic amines) is 1. The highest BCUT2D eigenvalue weighted by Crippen LogP contribution is 2.32. The predicted molar refractivity (Wildman–Crippen MR) is 128 cm³/mol. The highest BCUT2D eigenvalue weighted by Gasteiger charge is 2.32. The van der Waals surface area contributed by atoms with E-state index in [-0.39, 0.29) is 17.7 Å². The highest BCUT2D eigenvalue weighted by molar-refractivity contribution is 7.89. The number of carbonyl (C=O) groups is 2. The number of hydrogen-bond donors (Lipinski definition) is 1. The smallest absolute Gasteiger partial charge is 0.243 e. The van der Waals surface area contributed by atoms with Crippen molar-refractivity contribution in [1.29, 1.82) is 0 Å². The van der Waals surface area contributed by atoms with Crippen molar-refractivity contribution in [3.8, 4) is 0 Å². The van der Waals surface area contributed by atoms with Crippen LogP contribution in [0.1, 0.15) is 51.5 Å². The van der Waals surface area contributed by atoms with E-state index < -0.39 is 10.0 Å². The third-order valence-electron chi connectivity index (χ3n) is 7.45. The van der Waals surface area contributed by atoms with Crippen LogP contribution in [0.15, 0.2) is 23.1 Å². The first kappa shape index (κ1) is 24.2. The third kappa shape index (κ3) is 5.25. The van der Waals surface area contributed by atoms with E-state index in [1.54, 1.807) is 27.4 Å². The molecule has 1 N–H and O–H groups in total. The van der Waals surface area contributed by atoms with Crippen LogP contribution in [0.4, 0.5) is 5.69 Å². The van der Waals surface area contributed by atoms with Crippen LogP contribution < -0.4 is 10.2 Å². The Kier molecular flexibility index (Phi) is 7.40. The molecule has 0 aliphatic carbocycles. The summed E-state index contributed by atoms with van der Waals surface area (Å²) in [5.74, 6) is 0.265. The van der Waals surface area contributed by atoms with Crippen molar-refractivity contribution >= 4 is 27.5 Å². The SMILES string of the molecule is CCN1CCC[C@H]1CNC(=O)CC1CCN(S(=O)(=O)c2ccc3c(c2)CCN3C(C)=O)CC1. The maximum atomic E-state index is 13.2. The fourth-order valence-electron chi connectivity index (χ4n) is 5.48. The summed E-state index contributed by atoms with van der Waals surface area (Å²) in [4.78, 5) is 28.6. The summed E-state index contributed by atoms with van der Waals surface area (Å²) in [6, 6.07) is 5.52. The van der Waals surface area contributed by atoms with Gasteiger partial charge in [-0.2, -0.15) is 4.31 Å². The molecule has 2 amide bonds. The van der Waals surface area contributed by atoms with Gasteiger partial charge in [-0.1, -0.05) is 6.92 Å². The van der Waals surface area contributed by atoms with Crippen LogP contribution in [-0.4, -0.2) is 74.7 Å². The molecule has 9 heteroatoms. The number of carbonyl (C=O) groups excluding carboxylic acids is 2. The maximum absolute atomic E-state index is 13.2. The Labute approximate surface area is 197 Å². The molecule has 0 saturated carbocycles. The number of nitrogens with zero attached hydrogens (tertiary/aromatic N) is 3. The first-order chi connectivity index (χ1) is 15.8. The van der Waals surface area contributed by atoms with Crippen LogP contribution >= 0.6 is 0 Å². The molecule has 1 atom stereocenters. The van der Waals surface area contributed by atoms with Crippen LogP contribution in [-0.2, 0) is 26.0 Å². The average Bonchev–Trinajstić information content (AvgIpc) is 3.44. The second-order valence-corrected chi connectivity index (χ2v) is 11.4. The Hall–Kier alpha value is -1.97. The van der Waals surface area contributed by atoms with Crippen LogP contribution in [0.2, 0.25) is 0 Å². The maximum Gasteiger partial charge on any atom is 0.243 e. The van der Waals surface area contributed by atoms with Gasteiger partial charge in [-0.15, -0.1) is 0 Å². The van der Waals surface area contributed by atoms with Gasteiger partial charge in [0.15, 0.2) is 0 Å². The van der Waals surface area contributed by atoms with Crippen molar-refractivity contribution < 1.29 is 18.0 Å². The standard InChI is InChI=1S/C24H36N4O4S/c1-3-26-11-4-5-21(26)17-25-24(30)15-19-8-12-27(13-9-19)33(31,32)22-6-7-23-20(16-22)10-14-28(23)18(2)29/h6-7,16,19,21H,3-5,8-15,17H2,1-2H3,(H,25,30)/t21-/m0/s1. The number of likely N-dealkylation sites (N-methyl/N-ethyl adjacent to an activating group) is 1. The molecule has 1 aromatic rings. The number of sulfonamides is 1. The van der Waals surface area contributed by atoms with Gasteiger partial charge in [-0.25, -0.2) is 8.42 Å². The van der Waals surface area contributed by atoms with Gasteiger partial charge < -0.3 is 10.2 Å². The molecule has 4 rings (SSSR count). The summed E-state index contributed by atoms with van der Waals surface area (Å²) in [5.41, 5.74) is 1.72. The van der Waals surface area contributed by atoms with E-state index in [2.05, 4.69) is 17.1 Å². The fourth-order valence-corrected chi connectivity index (χ4v) is 7.00. The molecule has 8 nitrogen and oxygen atoms in total. The molecule has 0 spiro atoms. The molecular formula is C24H36N4O4S. The van der Waals surface area contributed by atoms with Crippen LogP contribution in [0.5, 0.6) is 0 Å². The Balaban J connectivity index is 1.28. The first-order valence-electron chi connectivity index (χ1n) is 12.2. The summed E-state index contributed by atoms with van der Waals surface area (Å²) in [5, 5.41) is 3.10. The summed E-state index contributed by atoms with van der Waals surface area (Å²) in [6.45, 7) is 7.99. The molecular weight excluding hydrogens is 440 g/mol. The van der Waals surface area contributed by atoms with E-state index in [1.807, 2.05) is 0 Å². The van der Waals surface area contributed by atoms with E-state index in [4.69, 9.17) is 0 Å². The number of benzene rings is 1. The number of rotatable bonds is 7. The van der Waals surface area contributed by atoms with Gasteiger partial charge in [-0.05, 0) is 74.9 Å². The van der Waals surface area contributed by atoms with E-state index >= 15 is 0 Å². The van der Waals surface area contributed by atoms with Crippen molar-refractivity contribution in [2.45, 2.75) is 63.3 Å². The van der Waals surface area contributed by atoms with Gasteiger partial charge in [-0.3, -0.25) is 14.5 Å². The van der Waals surface area contributed by atoms with Gasteiger partial charge in [0, 0.05) is 51.3 Å². The lowest BCUT2D eigenvalue weighted by atomic mass is 9.94. The molecule has 1 aromatic carbocycles. The van der Waals surface area contributed by atoms with Gasteiger partial charge in [0.2, 0.25) is 21.8 Å². The van der Waals surface area contributed by atoms with Crippen molar-refractivity contribution in [2.75, 3.05) is 44.2 Å². The second-order valence-electron chi connectivity index (χ2n) is 9.49. The number of piperidine rings is 1. The average molecular weight is 477 g/mol. The zero-order chi connectivity index (χ0) is 23.6. The van der Waals surface area contributed by atoms with Crippen molar-refractivity contribution in [3.63, 3.8) is 0 Å². The van der Waals surface area contributed by atoms with Crippen molar-refractivity contribution in [1.82, 2.24) is 14.5 Å². The zero-order valence-corrected chi connectivity index (χ0v) is 20.6. The van der Waals surface area contributed by atoms with E-state index in [0.29, 0.717) is 62.8 Å². The molecule has 0 bridgehead atoms. The lowest BCUT2D eigenvalue weighted by Crippen LogP contribution is -2.42. The molecule has 0 aromatic heterocycles. The first-order valence-corrected chi connectivity index (χ1v) is 13.7. The van der Waals surface area contributed by atoms with E-state index in [1.165, 1.54) is 13.3 Å². The second kappa shape index (κ2) is 10.1. The van der Waals surface area contributed by atoms with Crippen molar-refractivity contribution in [2.24, 2.45) is 5.92 Å². The minimum absolute atomic E-state index is 0.0265. The monoisotopic (exact) mass is 476 g/mol. The van der Waals surface area contributed by atoms with Crippen molar-refractivity contribution in [3.05, 3.63) is 23.8 Å². The minimum Gasteiger partial charge on any atom is -0.355 e. The Morgan fingerprint density at radius 1 is 1.09 bits per heavy atom. The Morgan fingerprint density at radius 3 is 2.55 bits per heavy atom. The fraction of sp³-hybridized carbons (Fsp3) is 0.667. The molecule has 2 fully saturated rings. The van der Waals surface area contributed by atoms with Gasteiger partial charge in [0.1, 0.15) is 0 Å². The quantitative estimate of drug-likeness (QED) is 0.650. The number of anilines is 1. The molecule has 0 radical (unpaired) electrons. The molecule has 3 aliphatic heterocycles. The predicted octanol–water partition coefficient (Wildman–Crippen LogP) is 1.99. The summed E-state index contributed by atoms with van der Waals surface area (Å²) < 4.78 is 27.9. The lowest BCUT2D eigenvalue weighted by molar-refractivity contribution is -0.122. The normalized spacial score (nSPS) is 22.5. The minimum atomic E-state index is -3.58. The third-order valence-corrected chi connectivity index (χ3v) is 9.35. The topological polar surface area (TPSA) is 90.0 Å². The van der Waals surface area contributed by atoms with Gasteiger partial charge in [0.25, 0.3) is 0 Å². The molecule has 3 heterocycles. The number of amides is 2. The summed E-state index contributed by atoms with van der Waals surface area (Å²) in [7, 11) is -3.58. The molecule has 182 valence electrons. The van der Waals surface area contributed by atoms with E-state index in [9.17, 15) is 18.0 Å². The zero-order valence-electron chi connectivity index (χ0n) is 19.8. The van der Waals surface area contributed by atoms with Gasteiger partial charge >= 0.3 is 0 Å². The van der Waals surface area contributed by atoms with Crippen LogP contribution in [0.25, 0.3) is 0 Å². The number of hydrogen-bond acceptors (Lipinski definition) is 5. The van der Waals surface area contributed by atoms with Gasteiger partial charge in [0.05, 0.1) is 4.90 Å². The molecule has 2 saturated heterocycles. The molecule has 3 aliphatic rings.